The molecular formula is C16H27N3. The third-order valence-electron chi connectivity index (χ3n) is 3.96. The molecule has 2 unspecified atom stereocenters. The number of hydrogen-bond donors (Lipinski definition) is 1. The van der Waals surface area contributed by atoms with Gasteiger partial charge in [0.05, 0.1) is 6.04 Å². The Kier molecular flexibility index (Phi) is 4.83. The molecule has 1 N–H and O–H groups in total. The first kappa shape index (κ1) is 14.4. The number of likely N-dealkylation sites (N-methyl/N-ethyl adjacent to an activating group) is 1. The summed E-state index contributed by atoms with van der Waals surface area (Å²) in [6.07, 6.45) is 1.21. The molecule has 0 radical (unpaired) electrons. The van der Waals surface area contributed by atoms with E-state index in [2.05, 4.69) is 67.3 Å². The van der Waals surface area contributed by atoms with Crippen LogP contribution < -0.4 is 10.2 Å². The number of anilines is 1. The highest BCUT2D eigenvalue weighted by Crippen LogP contribution is 2.26. The van der Waals surface area contributed by atoms with Crippen molar-refractivity contribution in [1.29, 1.82) is 0 Å². The van der Waals surface area contributed by atoms with Crippen LogP contribution in [0, 0.1) is 6.92 Å². The summed E-state index contributed by atoms with van der Waals surface area (Å²) in [6.45, 7) is 7.84. The lowest BCUT2D eigenvalue weighted by Gasteiger charge is -2.38. The van der Waals surface area contributed by atoms with E-state index in [1.54, 1.807) is 0 Å². The average molecular weight is 261 g/mol. The first-order chi connectivity index (χ1) is 9.09. The van der Waals surface area contributed by atoms with Crippen molar-refractivity contribution in [3.63, 3.8) is 0 Å². The van der Waals surface area contributed by atoms with Crippen LogP contribution in [-0.4, -0.2) is 50.7 Å². The minimum Gasteiger partial charge on any atom is -0.363 e. The van der Waals surface area contributed by atoms with Crippen LogP contribution in [0.25, 0.3) is 0 Å². The zero-order valence-corrected chi connectivity index (χ0v) is 12.7. The Labute approximate surface area is 117 Å². The van der Waals surface area contributed by atoms with Crippen LogP contribution in [0.5, 0.6) is 0 Å². The lowest BCUT2D eigenvalue weighted by Crippen LogP contribution is -2.49. The molecule has 1 saturated heterocycles. The Bertz CT molecular complexity index is 403. The highest BCUT2D eigenvalue weighted by atomic mass is 15.3. The van der Waals surface area contributed by atoms with E-state index in [-0.39, 0.29) is 0 Å². The molecule has 2 atom stereocenters. The second-order valence-electron chi connectivity index (χ2n) is 5.95. The highest BCUT2D eigenvalue weighted by molar-refractivity contribution is 5.55. The molecule has 0 aliphatic carbocycles. The Morgan fingerprint density at radius 2 is 2.05 bits per heavy atom. The van der Waals surface area contributed by atoms with Gasteiger partial charge in [0.1, 0.15) is 0 Å². The van der Waals surface area contributed by atoms with Crippen LogP contribution in [0.4, 0.5) is 5.69 Å². The summed E-state index contributed by atoms with van der Waals surface area (Å²) in [5, 5.41) is 3.58. The van der Waals surface area contributed by atoms with Gasteiger partial charge in [-0.15, -0.1) is 0 Å². The summed E-state index contributed by atoms with van der Waals surface area (Å²) < 4.78 is 0. The number of benzene rings is 1. The van der Waals surface area contributed by atoms with Gasteiger partial charge in [0.15, 0.2) is 0 Å². The monoisotopic (exact) mass is 261 g/mol. The summed E-state index contributed by atoms with van der Waals surface area (Å²) in [5.74, 6) is 0. The van der Waals surface area contributed by atoms with Crippen LogP contribution in [0.15, 0.2) is 24.3 Å². The highest BCUT2D eigenvalue weighted by Gasteiger charge is 2.27. The zero-order valence-electron chi connectivity index (χ0n) is 12.7. The number of para-hydroxylation sites is 1. The Morgan fingerprint density at radius 3 is 2.74 bits per heavy atom. The molecular weight excluding hydrogens is 234 g/mol. The summed E-state index contributed by atoms with van der Waals surface area (Å²) in [4.78, 5) is 4.91. The fraction of sp³-hybridized carbons (Fsp3) is 0.625. The number of hydrogen-bond acceptors (Lipinski definition) is 3. The van der Waals surface area contributed by atoms with E-state index in [1.807, 2.05) is 0 Å². The molecule has 0 spiro atoms. The SMILES string of the molecule is Cc1ccccc1N1C(C)CCNCC1CN(C)C. The number of nitrogens with zero attached hydrogens (tertiary/aromatic N) is 2. The number of aryl methyl sites for hydroxylation is 1. The Balaban J connectivity index is 2.31. The van der Waals surface area contributed by atoms with Gasteiger partial charge < -0.3 is 15.1 Å². The van der Waals surface area contributed by atoms with Crippen molar-refractivity contribution < 1.29 is 0 Å². The largest absolute Gasteiger partial charge is 0.363 e. The van der Waals surface area contributed by atoms with Crippen LogP contribution >= 0.6 is 0 Å². The van der Waals surface area contributed by atoms with E-state index in [1.165, 1.54) is 17.7 Å². The summed E-state index contributed by atoms with van der Waals surface area (Å²) in [5.41, 5.74) is 2.77. The third kappa shape index (κ3) is 3.48. The first-order valence-electron chi connectivity index (χ1n) is 7.29. The fourth-order valence-corrected chi connectivity index (χ4v) is 3.04. The average Bonchev–Trinajstić information content (AvgIpc) is 2.52. The molecule has 0 aromatic heterocycles. The molecule has 1 aromatic rings. The van der Waals surface area contributed by atoms with Crippen LogP contribution in [0.1, 0.15) is 18.9 Å². The van der Waals surface area contributed by atoms with Crippen molar-refractivity contribution in [2.75, 3.05) is 38.6 Å². The van der Waals surface area contributed by atoms with Gasteiger partial charge in [-0.2, -0.15) is 0 Å². The second-order valence-corrected chi connectivity index (χ2v) is 5.95. The molecule has 2 rings (SSSR count). The van der Waals surface area contributed by atoms with Gasteiger partial charge in [-0.1, -0.05) is 18.2 Å². The molecule has 0 amide bonds. The van der Waals surface area contributed by atoms with Gasteiger partial charge in [0, 0.05) is 24.8 Å². The molecule has 3 nitrogen and oxygen atoms in total. The summed E-state index contributed by atoms with van der Waals surface area (Å²) >= 11 is 0. The van der Waals surface area contributed by atoms with Gasteiger partial charge in [0.25, 0.3) is 0 Å². The summed E-state index contributed by atoms with van der Waals surface area (Å²) in [6, 6.07) is 9.88. The quantitative estimate of drug-likeness (QED) is 0.899. The van der Waals surface area contributed by atoms with Gasteiger partial charge in [-0.05, 0) is 52.5 Å². The van der Waals surface area contributed by atoms with Crippen LogP contribution in [-0.2, 0) is 0 Å². The normalized spacial score (nSPS) is 24.6. The zero-order chi connectivity index (χ0) is 13.8. The molecule has 1 fully saturated rings. The number of rotatable bonds is 3. The minimum atomic E-state index is 0.536. The standard InChI is InChI=1S/C16H27N3/c1-13-7-5-6-8-16(13)19-14(2)9-10-17-11-15(19)12-18(3)4/h5-8,14-15,17H,9-12H2,1-4H3. The van der Waals surface area contributed by atoms with E-state index >= 15 is 0 Å². The van der Waals surface area contributed by atoms with Gasteiger partial charge in [0.2, 0.25) is 0 Å². The predicted molar refractivity (Wildman–Crippen MR) is 82.9 cm³/mol. The molecule has 0 bridgehead atoms. The fourth-order valence-electron chi connectivity index (χ4n) is 3.04. The van der Waals surface area contributed by atoms with E-state index in [0.717, 1.165) is 19.6 Å². The maximum atomic E-state index is 3.58. The maximum Gasteiger partial charge on any atom is 0.0544 e. The number of nitrogens with one attached hydrogen (secondary N) is 1. The minimum absolute atomic E-state index is 0.536. The van der Waals surface area contributed by atoms with E-state index < -0.39 is 0 Å². The predicted octanol–water partition coefficient (Wildman–Crippen LogP) is 2.11. The summed E-state index contributed by atoms with van der Waals surface area (Å²) in [7, 11) is 4.32. The van der Waals surface area contributed by atoms with Crippen molar-refractivity contribution in [1.82, 2.24) is 10.2 Å². The van der Waals surface area contributed by atoms with Gasteiger partial charge in [-0.25, -0.2) is 0 Å². The maximum absolute atomic E-state index is 3.58. The van der Waals surface area contributed by atoms with E-state index in [4.69, 9.17) is 0 Å². The van der Waals surface area contributed by atoms with Crippen molar-refractivity contribution in [3.8, 4) is 0 Å². The van der Waals surface area contributed by atoms with Crippen molar-refractivity contribution in [3.05, 3.63) is 29.8 Å². The Hall–Kier alpha value is -1.06. The molecule has 19 heavy (non-hydrogen) atoms. The van der Waals surface area contributed by atoms with E-state index in [0.29, 0.717) is 12.1 Å². The molecule has 1 aliphatic rings. The molecule has 1 aliphatic heterocycles. The smallest absolute Gasteiger partial charge is 0.0544 e. The van der Waals surface area contributed by atoms with Gasteiger partial charge >= 0.3 is 0 Å². The van der Waals surface area contributed by atoms with Gasteiger partial charge in [-0.3, -0.25) is 0 Å². The molecule has 1 heterocycles. The lowest BCUT2D eigenvalue weighted by molar-refractivity contribution is 0.353. The van der Waals surface area contributed by atoms with Crippen molar-refractivity contribution in [2.45, 2.75) is 32.4 Å². The van der Waals surface area contributed by atoms with Crippen molar-refractivity contribution in [2.24, 2.45) is 0 Å². The molecule has 0 saturated carbocycles. The second kappa shape index (κ2) is 6.40. The molecule has 106 valence electrons. The van der Waals surface area contributed by atoms with Crippen LogP contribution in [0.2, 0.25) is 0 Å². The lowest BCUT2D eigenvalue weighted by atomic mass is 10.1. The van der Waals surface area contributed by atoms with Crippen molar-refractivity contribution >= 4 is 5.69 Å². The molecule has 3 heteroatoms. The topological polar surface area (TPSA) is 18.5 Å². The first-order valence-corrected chi connectivity index (χ1v) is 7.29. The van der Waals surface area contributed by atoms with Crippen LogP contribution in [0.3, 0.4) is 0 Å². The molecule has 1 aromatic carbocycles. The van der Waals surface area contributed by atoms with E-state index in [9.17, 15) is 0 Å². The third-order valence-corrected chi connectivity index (χ3v) is 3.96. The Morgan fingerprint density at radius 1 is 1.32 bits per heavy atom.